The molecule has 1 unspecified atom stereocenters. The number of allylic oxidation sites excluding steroid dienone is 1. The molecule has 0 saturated carbocycles. The molecular weight excluding hydrogens is 446 g/mol. The van der Waals surface area contributed by atoms with Gasteiger partial charge in [-0.15, -0.1) is 0 Å². The van der Waals surface area contributed by atoms with E-state index in [9.17, 15) is 14.7 Å². The molecule has 0 saturated heterocycles. The number of hydrogen-bond acceptors (Lipinski definition) is 6. The predicted octanol–water partition coefficient (Wildman–Crippen LogP) is 4.95. The number of fused-ring (bicyclic) bond motifs is 4. The highest BCUT2D eigenvalue weighted by molar-refractivity contribution is 6.15. The quantitative estimate of drug-likeness (QED) is 0.261. The van der Waals surface area contributed by atoms with E-state index in [0.29, 0.717) is 33.9 Å². The van der Waals surface area contributed by atoms with Gasteiger partial charge in [0.1, 0.15) is 11.5 Å². The lowest BCUT2D eigenvalue weighted by atomic mass is 9.84. The molecular formula is C28H21NO6. The third-order valence-corrected chi connectivity index (χ3v) is 6.60. The molecule has 0 fully saturated rings. The molecule has 1 atom stereocenters. The molecule has 3 aromatic carbocycles. The van der Waals surface area contributed by atoms with Gasteiger partial charge in [0.05, 0.1) is 19.1 Å². The van der Waals surface area contributed by atoms with E-state index in [1.807, 2.05) is 42.1 Å². The van der Waals surface area contributed by atoms with Crippen LogP contribution in [0.15, 0.2) is 66.6 Å². The van der Waals surface area contributed by atoms with Crippen molar-refractivity contribution < 1.29 is 28.9 Å². The van der Waals surface area contributed by atoms with Gasteiger partial charge in [0, 0.05) is 41.2 Å². The highest BCUT2D eigenvalue weighted by Gasteiger charge is 2.38. The first-order chi connectivity index (χ1) is 16.9. The molecule has 2 aliphatic rings. The van der Waals surface area contributed by atoms with E-state index in [2.05, 4.69) is 0 Å². The second-order valence-electron chi connectivity index (χ2n) is 8.67. The molecule has 1 aromatic heterocycles. The second-order valence-corrected chi connectivity index (χ2v) is 8.67. The zero-order valence-corrected chi connectivity index (χ0v) is 19.1. The zero-order valence-electron chi connectivity index (χ0n) is 19.1. The topological polar surface area (TPSA) is 87.0 Å². The Morgan fingerprint density at radius 3 is 2.71 bits per heavy atom. The summed E-state index contributed by atoms with van der Waals surface area (Å²) in [6.45, 7) is 0. The molecule has 4 aromatic rings. The van der Waals surface area contributed by atoms with Crippen molar-refractivity contribution in [3.05, 3.63) is 88.8 Å². The Labute approximate surface area is 200 Å². The molecule has 2 aliphatic heterocycles. The molecule has 35 heavy (non-hydrogen) atoms. The summed E-state index contributed by atoms with van der Waals surface area (Å²) >= 11 is 0. The smallest absolute Gasteiger partial charge is 0.312 e. The maximum atomic E-state index is 13.3. The van der Waals surface area contributed by atoms with Gasteiger partial charge in [0.2, 0.25) is 5.78 Å². The van der Waals surface area contributed by atoms with Crippen LogP contribution in [0.25, 0.3) is 17.0 Å². The van der Waals surface area contributed by atoms with Gasteiger partial charge in [-0.05, 0) is 42.0 Å². The van der Waals surface area contributed by atoms with Gasteiger partial charge < -0.3 is 23.9 Å². The van der Waals surface area contributed by atoms with Crippen LogP contribution in [0.5, 0.6) is 23.0 Å². The molecule has 174 valence electrons. The predicted molar refractivity (Wildman–Crippen MR) is 129 cm³/mol. The number of aromatic hydroxyl groups is 1. The van der Waals surface area contributed by atoms with Crippen LogP contribution >= 0.6 is 0 Å². The minimum Gasteiger partial charge on any atom is -0.504 e. The summed E-state index contributed by atoms with van der Waals surface area (Å²) in [5.41, 5.74) is 3.64. The van der Waals surface area contributed by atoms with Crippen LogP contribution in [0.2, 0.25) is 0 Å². The van der Waals surface area contributed by atoms with Crippen molar-refractivity contribution in [2.45, 2.75) is 12.3 Å². The summed E-state index contributed by atoms with van der Waals surface area (Å²) in [7, 11) is 3.42. The number of Topliss-reactive ketones (excluding diaryl/α,β-unsaturated/α-hetero) is 1. The molecule has 0 aliphatic carbocycles. The van der Waals surface area contributed by atoms with Gasteiger partial charge in [-0.25, -0.2) is 0 Å². The van der Waals surface area contributed by atoms with Crippen molar-refractivity contribution in [3.8, 4) is 23.0 Å². The zero-order chi connectivity index (χ0) is 24.3. The first kappa shape index (κ1) is 21.0. The number of para-hydroxylation sites is 1. The lowest BCUT2D eigenvalue weighted by molar-refractivity contribution is -0.135. The number of benzene rings is 3. The van der Waals surface area contributed by atoms with Gasteiger partial charge in [-0.3, -0.25) is 9.59 Å². The number of rotatable bonds is 3. The lowest BCUT2D eigenvalue weighted by Crippen LogP contribution is -2.21. The third-order valence-electron chi connectivity index (χ3n) is 6.60. The Morgan fingerprint density at radius 1 is 1.09 bits per heavy atom. The van der Waals surface area contributed by atoms with E-state index in [1.54, 1.807) is 36.4 Å². The Balaban J connectivity index is 1.46. The van der Waals surface area contributed by atoms with Gasteiger partial charge in [0.25, 0.3) is 0 Å². The Kier molecular flexibility index (Phi) is 4.67. The lowest BCUT2D eigenvalue weighted by Gasteiger charge is -2.26. The SMILES string of the molecule is COc1ccc(C2CC(=O)Oc3ccc4c(c32)OC(=Cc2cn(C)c3ccccc23)C4=O)cc1O. The fraction of sp³-hybridized carbons (Fsp3) is 0.143. The fourth-order valence-electron chi connectivity index (χ4n) is 4.94. The highest BCUT2D eigenvalue weighted by Crippen LogP contribution is 2.49. The minimum absolute atomic E-state index is 0.0356. The van der Waals surface area contributed by atoms with E-state index in [1.165, 1.54) is 7.11 Å². The number of nitrogens with zero attached hydrogens (tertiary/aromatic N) is 1. The van der Waals surface area contributed by atoms with Gasteiger partial charge in [0.15, 0.2) is 17.3 Å². The Hall–Kier alpha value is -4.52. The molecule has 0 amide bonds. The number of phenols is 1. The Morgan fingerprint density at radius 2 is 1.91 bits per heavy atom. The normalized spacial score (nSPS) is 17.8. The van der Waals surface area contributed by atoms with E-state index in [4.69, 9.17) is 14.2 Å². The van der Waals surface area contributed by atoms with E-state index in [0.717, 1.165) is 16.5 Å². The number of ether oxygens (including phenoxy) is 3. The van der Waals surface area contributed by atoms with Crippen LogP contribution < -0.4 is 14.2 Å². The number of ketones is 1. The molecule has 6 rings (SSSR count). The van der Waals surface area contributed by atoms with E-state index >= 15 is 0 Å². The fourth-order valence-corrected chi connectivity index (χ4v) is 4.94. The summed E-state index contributed by atoms with van der Waals surface area (Å²) in [4.78, 5) is 25.7. The summed E-state index contributed by atoms with van der Waals surface area (Å²) in [5, 5.41) is 11.3. The standard InChI is InChI=1S/C28H21NO6/c1-29-14-16(17-5-3-4-6-20(17)29)12-24-27(32)18-8-10-23-26(28(18)35-24)19(13-25(31)34-23)15-7-9-22(33-2)21(30)11-15/h3-12,14,19,30H,13H2,1-2H3. The van der Waals surface area contributed by atoms with Crippen LogP contribution in [0.3, 0.4) is 0 Å². The maximum Gasteiger partial charge on any atom is 0.312 e. The molecule has 0 spiro atoms. The summed E-state index contributed by atoms with van der Waals surface area (Å²) < 4.78 is 18.8. The molecule has 7 heteroatoms. The number of carbonyl (C=O) groups is 2. The minimum atomic E-state index is -0.456. The number of hydrogen-bond donors (Lipinski definition) is 1. The van der Waals surface area contributed by atoms with Crippen LogP contribution in [-0.2, 0) is 11.8 Å². The first-order valence-corrected chi connectivity index (χ1v) is 11.2. The van der Waals surface area contributed by atoms with Crippen molar-refractivity contribution in [2.75, 3.05) is 7.11 Å². The van der Waals surface area contributed by atoms with Crippen LogP contribution in [0.4, 0.5) is 0 Å². The number of phenolic OH excluding ortho intramolecular Hbond substituents is 1. The van der Waals surface area contributed by atoms with Crippen molar-refractivity contribution in [1.29, 1.82) is 0 Å². The molecule has 1 N–H and O–H groups in total. The largest absolute Gasteiger partial charge is 0.504 e. The van der Waals surface area contributed by atoms with E-state index < -0.39 is 11.9 Å². The van der Waals surface area contributed by atoms with Crippen molar-refractivity contribution >= 4 is 28.7 Å². The molecule has 0 bridgehead atoms. The monoisotopic (exact) mass is 467 g/mol. The third kappa shape index (κ3) is 3.27. The van der Waals surface area contributed by atoms with Crippen LogP contribution in [0.1, 0.15) is 39.4 Å². The number of carbonyl (C=O) groups excluding carboxylic acids is 2. The molecule has 7 nitrogen and oxygen atoms in total. The van der Waals surface area contributed by atoms with Gasteiger partial charge >= 0.3 is 5.97 Å². The van der Waals surface area contributed by atoms with E-state index in [-0.39, 0.29) is 23.7 Å². The van der Waals surface area contributed by atoms with Crippen LogP contribution in [-0.4, -0.2) is 28.5 Å². The average Bonchev–Trinajstić information content (AvgIpc) is 3.35. The average molecular weight is 467 g/mol. The molecule has 0 radical (unpaired) electrons. The second kappa shape index (κ2) is 7.77. The van der Waals surface area contributed by atoms with Crippen LogP contribution in [0, 0.1) is 0 Å². The van der Waals surface area contributed by atoms with Crippen molar-refractivity contribution in [3.63, 3.8) is 0 Å². The van der Waals surface area contributed by atoms with Crippen molar-refractivity contribution in [2.24, 2.45) is 7.05 Å². The Bertz CT molecular complexity index is 1580. The number of esters is 1. The van der Waals surface area contributed by atoms with Gasteiger partial charge in [-0.2, -0.15) is 0 Å². The van der Waals surface area contributed by atoms with Crippen molar-refractivity contribution in [1.82, 2.24) is 4.57 Å². The summed E-state index contributed by atoms with van der Waals surface area (Å²) in [6, 6.07) is 16.2. The summed E-state index contributed by atoms with van der Waals surface area (Å²) in [6.07, 6.45) is 3.76. The van der Waals surface area contributed by atoms with Gasteiger partial charge in [-0.1, -0.05) is 24.3 Å². The molecule has 3 heterocycles. The number of aryl methyl sites for hydroxylation is 1. The highest BCUT2D eigenvalue weighted by atomic mass is 16.5. The number of aromatic nitrogens is 1. The summed E-state index contributed by atoms with van der Waals surface area (Å²) in [5.74, 6) is 0.147. The maximum absolute atomic E-state index is 13.3. The first-order valence-electron chi connectivity index (χ1n) is 11.2. The number of methoxy groups -OCH3 is 1.